The Kier molecular flexibility index (Phi) is 5.47. The maximum absolute atomic E-state index is 13.6. The summed E-state index contributed by atoms with van der Waals surface area (Å²) in [6.45, 7) is 0.897. The van der Waals surface area contributed by atoms with Crippen LogP contribution in [0.1, 0.15) is 21.5 Å². The summed E-state index contributed by atoms with van der Waals surface area (Å²) < 4.78 is 19.3. The van der Waals surface area contributed by atoms with E-state index >= 15 is 0 Å². The van der Waals surface area contributed by atoms with E-state index in [0.29, 0.717) is 17.6 Å². The third-order valence-corrected chi connectivity index (χ3v) is 3.45. The predicted molar refractivity (Wildman–Crippen MR) is 82.4 cm³/mol. The fourth-order valence-electron chi connectivity index (χ4n) is 1.87. The highest BCUT2D eigenvalue weighted by molar-refractivity contribution is 9.10. The van der Waals surface area contributed by atoms with Crippen LogP contribution >= 0.6 is 15.9 Å². The first kappa shape index (κ1) is 15.7. The van der Waals surface area contributed by atoms with Crippen LogP contribution in [0.15, 0.2) is 46.9 Å². The molecule has 0 aliphatic heterocycles. The minimum atomic E-state index is -0.536. The molecule has 0 fully saturated rings. The molecule has 2 aromatic carbocycles. The number of rotatable bonds is 5. The van der Waals surface area contributed by atoms with Crippen molar-refractivity contribution in [2.75, 3.05) is 7.11 Å². The van der Waals surface area contributed by atoms with Crippen LogP contribution in [0.4, 0.5) is 4.39 Å². The van der Waals surface area contributed by atoms with Gasteiger partial charge in [0.2, 0.25) is 0 Å². The lowest BCUT2D eigenvalue weighted by Gasteiger charge is -2.07. The molecule has 0 atom stereocenters. The first-order valence-corrected chi connectivity index (χ1v) is 7.19. The highest BCUT2D eigenvalue weighted by Gasteiger charge is 2.11. The van der Waals surface area contributed by atoms with Gasteiger partial charge < -0.3 is 10.1 Å². The fourth-order valence-corrected chi connectivity index (χ4v) is 2.23. The van der Waals surface area contributed by atoms with Crippen molar-refractivity contribution in [3.63, 3.8) is 0 Å². The van der Waals surface area contributed by atoms with Crippen LogP contribution in [0, 0.1) is 5.82 Å². The Morgan fingerprint density at radius 1 is 1.19 bits per heavy atom. The van der Waals surface area contributed by atoms with E-state index in [2.05, 4.69) is 21.2 Å². The number of halogens is 2. The van der Waals surface area contributed by atoms with Crippen molar-refractivity contribution in [2.24, 2.45) is 0 Å². The van der Waals surface area contributed by atoms with Crippen molar-refractivity contribution in [3.05, 3.63) is 69.4 Å². The molecule has 0 aliphatic carbocycles. The first-order chi connectivity index (χ1) is 10.1. The van der Waals surface area contributed by atoms with Crippen molar-refractivity contribution in [2.45, 2.75) is 13.2 Å². The van der Waals surface area contributed by atoms with Crippen LogP contribution in [-0.2, 0) is 17.9 Å². The summed E-state index contributed by atoms with van der Waals surface area (Å²) in [5.41, 5.74) is 2.03. The highest BCUT2D eigenvalue weighted by Crippen LogP contribution is 2.15. The van der Waals surface area contributed by atoms with Crippen LogP contribution in [-0.4, -0.2) is 13.0 Å². The zero-order chi connectivity index (χ0) is 15.2. The monoisotopic (exact) mass is 351 g/mol. The van der Waals surface area contributed by atoms with Gasteiger partial charge in [0.05, 0.1) is 12.2 Å². The second kappa shape index (κ2) is 7.33. The second-order valence-corrected chi connectivity index (χ2v) is 5.47. The van der Waals surface area contributed by atoms with Crippen LogP contribution in [0.2, 0.25) is 0 Å². The molecule has 0 aromatic heterocycles. The number of benzene rings is 2. The number of amides is 1. The summed E-state index contributed by atoms with van der Waals surface area (Å²) in [7, 11) is 1.64. The zero-order valence-electron chi connectivity index (χ0n) is 11.5. The lowest BCUT2D eigenvalue weighted by Crippen LogP contribution is -2.23. The molecule has 1 N–H and O–H groups in total. The van der Waals surface area contributed by atoms with Gasteiger partial charge in [0.25, 0.3) is 5.91 Å². The third-order valence-electron chi connectivity index (χ3n) is 2.96. The Bertz CT molecular complexity index is 629. The molecule has 3 nitrogen and oxygen atoms in total. The third kappa shape index (κ3) is 4.37. The molecular weight excluding hydrogens is 337 g/mol. The minimum absolute atomic E-state index is 0.0281. The van der Waals surface area contributed by atoms with Gasteiger partial charge in [-0.05, 0) is 29.3 Å². The topological polar surface area (TPSA) is 38.3 Å². The summed E-state index contributed by atoms with van der Waals surface area (Å²) in [6, 6.07) is 12.0. The van der Waals surface area contributed by atoms with E-state index < -0.39 is 11.7 Å². The van der Waals surface area contributed by atoms with Gasteiger partial charge in [0, 0.05) is 18.1 Å². The SMILES string of the molecule is COCc1ccc(CNC(=O)c2cc(Br)ccc2F)cc1. The maximum atomic E-state index is 13.6. The fraction of sp³-hybridized carbons (Fsp3) is 0.188. The van der Waals surface area contributed by atoms with Crippen LogP contribution in [0.3, 0.4) is 0 Å². The van der Waals surface area contributed by atoms with Crippen molar-refractivity contribution in [3.8, 4) is 0 Å². The summed E-state index contributed by atoms with van der Waals surface area (Å²) in [4.78, 5) is 12.0. The Hall–Kier alpha value is -1.72. The van der Waals surface area contributed by atoms with E-state index in [0.717, 1.165) is 11.1 Å². The Balaban J connectivity index is 1.99. The molecule has 0 unspecified atom stereocenters. The quantitative estimate of drug-likeness (QED) is 0.892. The molecule has 2 aromatic rings. The molecule has 0 saturated heterocycles. The van der Waals surface area contributed by atoms with Crippen LogP contribution in [0.5, 0.6) is 0 Å². The van der Waals surface area contributed by atoms with E-state index in [1.54, 1.807) is 13.2 Å². The van der Waals surface area contributed by atoms with E-state index in [-0.39, 0.29) is 5.56 Å². The van der Waals surface area contributed by atoms with Gasteiger partial charge in [0.1, 0.15) is 5.82 Å². The van der Waals surface area contributed by atoms with E-state index in [1.165, 1.54) is 12.1 Å². The lowest BCUT2D eigenvalue weighted by molar-refractivity contribution is 0.0947. The van der Waals surface area contributed by atoms with Gasteiger partial charge in [-0.15, -0.1) is 0 Å². The number of carbonyl (C=O) groups is 1. The molecule has 5 heteroatoms. The number of methoxy groups -OCH3 is 1. The van der Waals surface area contributed by atoms with Gasteiger partial charge in [-0.1, -0.05) is 40.2 Å². The molecule has 110 valence electrons. The average molecular weight is 352 g/mol. The number of ether oxygens (including phenoxy) is 1. The number of nitrogens with one attached hydrogen (secondary N) is 1. The van der Waals surface area contributed by atoms with Gasteiger partial charge in [0.15, 0.2) is 0 Å². The summed E-state index contributed by atoms with van der Waals surface area (Å²) in [5.74, 6) is -0.971. The van der Waals surface area contributed by atoms with Crippen LogP contribution in [0.25, 0.3) is 0 Å². The van der Waals surface area contributed by atoms with Gasteiger partial charge in [-0.3, -0.25) is 4.79 Å². The zero-order valence-corrected chi connectivity index (χ0v) is 13.1. The standard InChI is InChI=1S/C16H15BrFNO2/c1-21-10-12-4-2-11(3-5-12)9-19-16(20)14-8-13(17)6-7-15(14)18/h2-8H,9-10H2,1H3,(H,19,20). The van der Waals surface area contributed by atoms with Crippen molar-refractivity contribution >= 4 is 21.8 Å². The van der Waals surface area contributed by atoms with Crippen molar-refractivity contribution < 1.29 is 13.9 Å². The molecule has 0 radical (unpaired) electrons. The predicted octanol–water partition coefficient (Wildman–Crippen LogP) is 3.66. The number of hydrogen-bond donors (Lipinski definition) is 1. The Labute approximate surface area is 131 Å². The molecule has 21 heavy (non-hydrogen) atoms. The summed E-state index contributed by atoms with van der Waals surface area (Å²) in [5, 5.41) is 2.70. The number of hydrogen-bond acceptors (Lipinski definition) is 2. The summed E-state index contributed by atoms with van der Waals surface area (Å²) in [6.07, 6.45) is 0. The smallest absolute Gasteiger partial charge is 0.254 e. The molecule has 2 rings (SSSR count). The molecule has 0 bridgehead atoms. The normalized spacial score (nSPS) is 10.4. The molecule has 0 saturated carbocycles. The second-order valence-electron chi connectivity index (χ2n) is 4.56. The lowest BCUT2D eigenvalue weighted by atomic mass is 10.1. The van der Waals surface area contributed by atoms with Gasteiger partial charge in [-0.25, -0.2) is 4.39 Å². The van der Waals surface area contributed by atoms with Crippen molar-refractivity contribution in [1.29, 1.82) is 0 Å². The van der Waals surface area contributed by atoms with Crippen molar-refractivity contribution in [1.82, 2.24) is 5.32 Å². The van der Waals surface area contributed by atoms with E-state index in [1.807, 2.05) is 24.3 Å². The van der Waals surface area contributed by atoms with Gasteiger partial charge in [-0.2, -0.15) is 0 Å². The largest absolute Gasteiger partial charge is 0.380 e. The molecule has 0 heterocycles. The van der Waals surface area contributed by atoms with E-state index in [4.69, 9.17) is 4.74 Å². The number of carbonyl (C=O) groups excluding carboxylic acids is 1. The molecule has 0 spiro atoms. The van der Waals surface area contributed by atoms with E-state index in [9.17, 15) is 9.18 Å². The molecule has 1 amide bonds. The average Bonchev–Trinajstić information content (AvgIpc) is 2.49. The van der Waals surface area contributed by atoms with Crippen LogP contribution < -0.4 is 5.32 Å². The Morgan fingerprint density at radius 3 is 2.52 bits per heavy atom. The Morgan fingerprint density at radius 2 is 1.86 bits per heavy atom. The molecular formula is C16H15BrFNO2. The molecule has 0 aliphatic rings. The minimum Gasteiger partial charge on any atom is -0.380 e. The maximum Gasteiger partial charge on any atom is 0.254 e. The van der Waals surface area contributed by atoms with Gasteiger partial charge >= 0.3 is 0 Å². The first-order valence-electron chi connectivity index (χ1n) is 6.40. The summed E-state index contributed by atoms with van der Waals surface area (Å²) >= 11 is 3.22. The highest BCUT2D eigenvalue weighted by atomic mass is 79.9.